The number of aromatic nitrogens is 2. The molecule has 1 saturated heterocycles. The molecule has 0 spiro atoms. The minimum Gasteiger partial charge on any atom is -0.385 e. The van der Waals surface area contributed by atoms with Crippen LogP contribution >= 0.6 is 0 Å². The Bertz CT molecular complexity index is 811. The van der Waals surface area contributed by atoms with Gasteiger partial charge < -0.3 is 19.5 Å². The first-order chi connectivity index (χ1) is 13.5. The molecule has 1 aliphatic heterocycles. The second-order valence-corrected chi connectivity index (χ2v) is 7.44. The molecule has 3 rings (SSSR count). The maximum absolute atomic E-state index is 11.7. The standard InChI is InChI=1S/C22H30N4O2/c1-17(2)22-21(13-20-14-25(18(3)27)10-9-23-20)24-16-26(22)11-12-28-15-19-7-5-4-6-8-19/h4-8,13,16-17,23H,9-12,14-15H2,1-3H3/b20-13-. The maximum atomic E-state index is 11.7. The van der Waals surface area contributed by atoms with Gasteiger partial charge in [0.15, 0.2) is 0 Å². The fourth-order valence-corrected chi connectivity index (χ4v) is 3.47. The van der Waals surface area contributed by atoms with Crippen molar-refractivity contribution in [3.8, 4) is 0 Å². The van der Waals surface area contributed by atoms with Gasteiger partial charge in [0.2, 0.25) is 5.91 Å². The van der Waals surface area contributed by atoms with Crippen molar-refractivity contribution in [2.24, 2.45) is 0 Å². The van der Waals surface area contributed by atoms with E-state index in [-0.39, 0.29) is 5.91 Å². The molecule has 1 aromatic carbocycles. The first-order valence-corrected chi connectivity index (χ1v) is 9.91. The van der Waals surface area contributed by atoms with E-state index in [2.05, 4.69) is 46.9 Å². The highest BCUT2D eigenvalue weighted by Gasteiger charge is 2.18. The number of hydrogen-bond donors (Lipinski definition) is 1. The topological polar surface area (TPSA) is 59.4 Å². The Labute approximate surface area is 167 Å². The van der Waals surface area contributed by atoms with Crippen LogP contribution in [0.1, 0.15) is 43.6 Å². The van der Waals surface area contributed by atoms with Crippen molar-refractivity contribution in [3.05, 3.63) is 59.3 Å². The van der Waals surface area contributed by atoms with Crippen LogP contribution in [-0.4, -0.2) is 46.6 Å². The molecule has 1 fully saturated rings. The number of benzene rings is 1. The fraction of sp³-hybridized carbons (Fsp3) is 0.455. The third kappa shape index (κ3) is 5.23. The van der Waals surface area contributed by atoms with Gasteiger partial charge in [0, 0.05) is 37.9 Å². The number of rotatable bonds is 7. The van der Waals surface area contributed by atoms with Crippen LogP contribution in [0.15, 0.2) is 42.4 Å². The summed E-state index contributed by atoms with van der Waals surface area (Å²) < 4.78 is 8.01. The smallest absolute Gasteiger partial charge is 0.219 e. The number of carbonyl (C=O) groups excluding carboxylic acids is 1. The summed E-state index contributed by atoms with van der Waals surface area (Å²) in [5.41, 5.74) is 4.37. The van der Waals surface area contributed by atoms with Gasteiger partial charge in [-0.1, -0.05) is 44.2 Å². The molecule has 1 aliphatic rings. The normalized spacial score (nSPS) is 15.9. The zero-order valence-corrected chi connectivity index (χ0v) is 17.0. The fourth-order valence-electron chi connectivity index (χ4n) is 3.47. The molecule has 0 saturated carbocycles. The highest BCUT2D eigenvalue weighted by molar-refractivity contribution is 5.74. The van der Waals surface area contributed by atoms with E-state index < -0.39 is 0 Å². The number of hydrogen-bond acceptors (Lipinski definition) is 4. The molecule has 0 radical (unpaired) electrons. The van der Waals surface area contributed by atoms with E-state index in [4.69, 9.17) is 4.74 Å². The highest BCUT2D eigenvalue weighted by Crippen LogP contribution is 2.21. The molecule has 6 heteroatoms. The summed E-state index contributed by atoms with van der Waals surface area (Å²) in [6, 6.07) is 10.2. The van der Waals surface area contributed by atoms with Gasteiger partial charge in [-0.25, -0.2) is 4.98 Å². The van der Waals surface area contributed by atoms with Crippen molar-refractivity contribution >= 4 is 12.0 Å². The third-order valence-corrected chi connectivity index (χ3v) is 4.89. The van der Waals surface area contributed by atoms with Gasteiger partial charge in [-0.15, -0.1) is 0 Å². The van der Waals surface area contributed by atoms with Gasteiger partial charge in [0.1, 0.15) is 0 Å². The summed E-state index contributed by atoms with van der Waals surface area (Å²) >= 11 is 0. The molecule has 1 N–H and O–H groups in total. The summed E-state index contributed by atoms with van der Waals surface area (Å²) in [5, 5.41) is 3.39. The Morgan fingerprint density at radius 3 is 2.82 bits per heavy atom. The average molecular weight is 383 g/mol. The van der Waals surface area contributed by atoms with E-state index in [1.165, 1.54) is 11.3 Å². The number of amides is 1. The van der Waals surface area contributed by atoms with Crippen molar-refractivity contribution < 1.29 is 9.53 Å². The third-order valence-electron chi connectivity index (χ3n) is 4.89. The quantitative estimate of drug-likeness (QED) is 0.748. The van der Waals surface area contributed by atoms with E-state index in [1.807, 2.05) is 29.4 Å². The number of piperazine rings is 1. The molecule has 0 bridgehead atoms. The maximum Gasteiger partial charge on any atom is 0.219 e. The second-order valence-electron chi connectivity index (χ2n) is 7.44. The number of imidazole rings is 1. The Morgan fingerprint density at radius 2 is 2.11 bits per heavy atom. The van der Waals surface area contributed by atoms with Gasteiger partial charge in [-0.05, 0) is 17.6 Å². The molecule has 28 heavy (non-hydrogen) atoms. The van der Waals surface area contributed by atoms with Crippen molar-refractivity contribution in [3.63, 3.8) is 0 Å². The van der Waals surface area contributed by atoms with E-state index in [0.717, 1.165) is 31.0 Å². The van der Waals surface area contributed by atoms with Gasteiger partial charge in [-0.2, -0.15) is 0 Å². The van der Waals surface area contributed by atoms with Gasteiger partial charge in [0.05, 0.1) is 31.8 Å². The summed E-state index contributed by atoms with van der Waals surface area (Å²) in [5.74, 6) is 0.452. The van der Waals surface area contributed by atoms with E-state index >= 15 is 0 Å². The molecule has 150 valence electrons. The van der Waals surface area contributed by atoms with E-state index in [0.29, 0.717) is 25.7 Å². The van der Waals surface area contributed by atoms with Crippen LogP contribution in [0.5, 0.6) is 0 Å². The first-order valence-electron chi connectivity index (χ1n) is 9.91. The molecule has 6 nitrogen and oxygen atoms in total. The molecule has 1 amide bonds. The summed E-state index contributed by atoms with van der Waals surface area (Å²) in [7, 11) is 0. The van der Waals surface area contributed by atoms with Crippen LogP contribution < -0.4 is 5.32 Å². The van der Waals surface area contributed by atoms with Gasteiger partial charge in [0.25, 0.3) is 0 Å². The monoisotopic (exact) mass is 382 g/mol. The molecule has 2 aromatic rings. The number of ether oxygens (including phenoxy) is 1. The van der Waals surface area contributed by atoms with Crippen molar-refractivity contribution in [2.75, 3.05) is 26.2 Å². The first kappa shape index (κ1) is 20.1. The predicted octanol–water partition coefficient (Wildman–Crippen LogP) is 3.02. The number of nitrogens with zero attached hydrogens (tertiary/aromatic N) is 3. The van der Waals surface area contributed by atoms with Crippen LogP contribution in [0, 0.1) is 0 Å². The highest BCUT2D eigenvalue weighted by atomic mass is 16.5. The predicted molar refractivity (Wildman–Crippen MR) is 111 cm³/mol. The molecule has 0 unspecified atom stereocenters. The molecule has 0 atom stereocenters. The van der Waals surface area contributed by atoms with E-state index in [1.54, 1.807) is 6.92 Å². The lowest BCUT2D eigenvalue weighted by Gasteiger charge is -2.29. The Balaban J connectivity index is 1.64. The lowest BCUT2D eigenvalue weighted by molar-refractivity contribution is -0.128. The van der Waals surface area contributed by atoms with Crippen LogP contribution in [0.4, 0.5) is 0 Å². The van der Waals surface area contributed by atoms with Crippen LogP contribution in [0.25, 0.3) is 6.08 Å². The Kier molecular flexibility index (Phi) is 6.87. The Hall–Kier alpha value is -2.60. The number of nitrogens with one attached hydrogen (secondary N) is 1. The van der Waals surface area contributed by atoms with Crippen LogP contribution in [-0.2, 0) is 22.7 Å². The molecule has 1 aromatic heterocycles. The average Bonchev–Trinajstić information content (AvgIpc) is 3.09. The van der Waals surface area contributed by atoms with E-state index in [9.17, 15) is 4.79 Å². The van der Waals surface area contributed by atoms with Gasteiger partial charge >= 0.3 is 0 Å². The minimum atomic E-state index is 0.109. The molecular formula is C22H30N4O2. The molecular weight excluding hydrogens is 352 g/mol. The summed E-state index contributed by atoms with van der Waals surface area (Å²) in [6.45, 7) is 10.1. The van der Waals surface area contributed by atoms with Gasteiger partial charge in [-0.3, -0.25) is 4.79 Å². The second kappa shape index (κ2) is 9.55. The summed E-state index contributed by atoms with van der Waals surface area (Å²) in [6.07, 6.45) is 3.96. The summed E-state index contributed by atoms with van der Waals surface area (Å²) in [4.78, 5) is 18.1. The van der Waals surface area contributed by atoms with Crippen LogP contribution in [0.3, 0.4) is 0 Å². The minimum absolute atomic E-state index is 0.109. The molecule has 2 heterocycles. The largest absolute Gasteiger partial charge is 0.385 e. The number of carbonyl (C=O) groups is 1. The lowest BCUT2D eigenvalue weighted by atomic mass is 10.1. The SMILES string of the molecule is CC(=O)N1CCN/C(=C\c2ncn(CCOCc3ccccc3)c2C(C)C)C1. The molecule has 0 aliphatic carbocycles. The van der Waals surface area contributed by atoms with Crippen molar-refractivity contribution in [1.29, 1.82) is 0 Å². The Morgan fingerprint density at radius 1 is 1.32 bits per heavy atom. The zero-order valence-electron chi connectivity index (χ0n) is 17.0. The lowest BCUT2D eigenvalue weighted by Crippen LogP contribution is -2.44. The van der Waals surface area contributed by atoms with Crippen molar-refractivity contribution in [1.82, 2.24) is 19.8 Å². The zero-order chi connectivity index (χ0) is 19.9. The van der Waals surface area contributed by atoms with Crippen molar-refractivity contribution in [2.45, 2.75) is 39.8 Å². The van der Waals surface area contributed by atoms with Crippen LogP contribution in [0.2, 0.25) is 0 Å².